The fourth-order valence-corrected chi connectivity index (χ4v) is 4.48. The predicted molar refractivity (Wildman–Crippen MR) is 117 cm³/mol. The number of nitrogens with zero attached hydrogens (tertiary/aromatic N) is 2. The van der Waals surface area contributed by atoms with Gasteiger partial charge in [0.25, 0.3) is 0 Å². The number of halogens is 6. The van der Waals surface area contributed by atoms with Gasteiger partial charge in [0.1, 0.15) is 5.82 Å². The average molecular weight is 490 g/mol. The summed E-state index contributed by atoms with van der Waals surface area (Å²) >= 11 is 0. The lowest BCUT2D eigenvalue weighted by molar-refractivity contribution is -0.127. The van der Waals surface area contributed by atoms with Crippen LogP contribution in [0.5, 0.6) is 0 Å². The summed E-state index contributed by atoms with van der Waals surface area (Å²) < 4.78 is 77.4. The molecule has 1 aliphatic carbocycles. The van der Waals surface area contributed by atoms with Crippen LogP contribution < -0.4 is 21.3 Å². The van der Waals surface area contributed by atoms with Crippen LogP contribution in [-0.2, 0) is 6.42 Å². The summed E-state index contributed by atoms with van der Waals surface area (Å²) in [6.45, 7) is 3.54. The SMILES string of the molecule is C=C=c1[nH]cc/c1=c1/c(=C\C)nc(CCNCC(F)(F)F)n1C1CCC(NCC(F)(F)F)CC1. The normalized spacial score (nSPS) is 21.1. The van der Waals surface area contributed by atoms with Crippen LogP contribution in [0.4, 0.5) is 26.3 Å². The molecule has 11 heteroatoms. The number of imidazole rings is 1. The summed E-state index contributed by atoms with van der Waals surface area (Å²) in [4.78, 5) is 7.79. The lowest BCUT2D eigenvalue weighted by Crippen LogP contribution is -2.39. The van der Waals surface area contributed by atoms with Crippen molar-refractivity contribution in [2.45, 2.75) is 63.5 Å². The Bertz CT molecular complexity index is 1180. The molecule has 34 heavy (non-hydrogen) atoms. The number of aromatic nitrogens is 3. The fourth-order valence-electron chi connectivity index (χ4n) is 4.48. The number of aromatic amines is 1. The Kier molecular flexibility index (Phi) is 8.33. The van der Waals surface area contributed by atoms with E-state index in [1.165, 1.54) is 0 Å². The molecule has 2 aromatic rings. The van der Waals surface area contributed by atoms with Crippen molar-refractivity contribution in [2.24, 2.45) is 0 Å². The monoisotopic (exact) mass is 489 g/mol. The number of alkyl halides is 6. The highest BCUT2D eigenvalue weighted by molar-refractivity contribution is 5.23. The third kappa shape index (κ3) is 6.77. The number of H-pyrrole nitrogens is 1. The Hall–Kier alpha value is -2.49. The third-order valence-electron chi connectivity index (χ3n) is 5.97. The standard InChI is InChI=1S/C23H29F6N5/c1-3-18-17(9-12-31-18)21-19(4-2)33-20(10-11-30-13-22(24,25)26)34(21)16-7-5-15(6-8-16)32-14-23(27,28)29/h4,9,12,15-16,30-32H,1,5-8,10-11,13-14H2,2H3/b19-4+,21-17+. The minimum absolute atomic E-state index is 0.0367. The van der Waals surface area contributed by atoms with Crippen molar-refractivity contribution in [3.8, 4) is 0 Å². The molecule has 0 aliphatic heterocycles. The Morgan fingerprint density at radius 1 is 1.15 bits per heavy atom. The van der Waals surface area contributed by atoms with Crippen LogP contribution in [0, 0.1) is 10.6 Å². The maximum absolute atomic E-state index is 12.6. The van der Waals surface area contributed by atoms with Gasteiger partial charge in [-0.2, -0.15) is 26.3 Å². The van der Waals surface area contributed by atoms with E-state index in [-0.39, 0.29) is 25.0 Å². The molecule has 1 saturated carbocycles. The molecule has 0 radical (unpaired) electrons. The van der Waals surface area contributed by atoms with Gasteiger partial charge in [0.2, 0.25) is 0 Å². The summed E-state index contributed by atoms with van der Waals surface area (Å²) in [5.74, 6) is 0.640. The van der Waals surface area contributed by atoms with Crippen LogP contribution in [0.25, 0.3) is 11.8 Å². The highest BCUT2D eigenvalue weighted by Crippen LogP contribution is 2.30. The van der Waals surface area contributed by atoms with E-state index in [0.717, 1.165) is 10.6 Å². The number of rotatable bonds is 7. The maximum Gasteiger partial charge on any atom is 0.401 e. The molecule has 1 aliphatic rings. The highest BCUT2D eigenvalue weighted by atomic mass is 19.4. The van der Waals surface area contributed by atoms with E-state index in [9.17, 15) is 26.3 Å². The molecule has 1 fully saturated rings. The van der Waals surface area contributed by atoms with Gasteiger partial charge in [0.15, 0.2) is 0 Å². The van der Waals surface area contributed by atoms with Gasteiger partial charge in [-0.15, -0.1) is 5.73 Å². The van der Waals surface area contributed by atoms with E-state index >= 15 is 0 Å². The molecular formula is C23H29F6N5. The molecule has 3 rings (SSSR count). The molecule has 0 spiro atoms. The number of hydrogen-bond donors (Lipinski definition) is 3. The largest absolute Gasteiger partial charge is 0.401 e. The van der Waals surface area contributed by atoms with Gasteiger partial charge < -0.3 is 20.2 Å². The van der Waals surface area contributed by atoms with Crippen molar-refractivity contribution in [2.75, 3.05) is 19.6 Å². The van der Waals surface area contributed by atoms with Gasteiger partial charge in [-0.3, -0.25) is 0 Å². The molecule has 0 atom stereocenters. The van der Waals surface area contributed by atoms with Gasteiger partial charge in [-0.1, -0.05) is 12.7 Å². The first-order chi connectivity index (χ1) is 16.0. The van der Waals surface area contributed by atoms with Crippen molar-refractivity contribution >= 4 is 11.8 Å². The van der Waals surface area contributed by atoms with Gasteiger partial charge >= 0.3 is 12.4 Å². The molecule has 0 saturated heterocycles. The molecule has 0 bridgehead atoms. The minimum Gasteiger partial charge on any atom is -0.355 e. The Balaban J connectivity index is 1.96. The predicted octanol–water partition coefficient (Wildman–Crippen LogP) is 3.19. The molecule has 0 aromatic carbocycles. The molecule has 2 heterocycles. The van der Waals surface area contributed by atoms with Crippen LogP contribution >= 0.6 is 0 Å². The maximum atomic E-state index is 12.6. The van der Waals surface area contributed by atoms with Gasteiger partial charge in [-0.25, -0.2) is 4.98 Å². The van der Waals surface area contributed by atoms with E-state index in [4.69, 9.17) is 4.98 Å². The van der Waals surface area contributed by atoms with Crippen molar-refractivity contribution in [1.29, 1.82) is 0 Å². The second kappa shape index (κ2) is 10.8. The average Bonchev–Trinajstić information content (AvgIpc) is 3.38. The number of nitrogens with one attached hydrogen (secondary N) is 3. The van der Waals surface area contributed by atoms with E-state index < -0.39 is 25.4 Å². The zero-order valence-corrected chi connectivity index (χ0v) is 18.9. The molecular weight excluding hydrogens is 460 g/mol. The van der Waals surface area contributed by atoms with Crippen LogP contribution in [0.2, 0.25) is 0 Å². The minimum atomic E-state index is -4.30. The molecule has 0 unspecified atom stereocenters. The summed E-state index contributed by atoms with van der Waals surface area (Å²) in [7, 11) is 0. The molecule has 3 N–H and O–H groups in total. The van der Waals surface area contributed by atoms with E-state index in [2.05, 4.69) is 32.5 Å². The molecule has 5 nitrogen and oxygen atoms in total. The summed E-state index contributed by atoms with van der Waals surface area (Å²) in [6, 6.07) is 1.60. The van der Waals surface area contributed by atoms with Crippen molar-refractivity contribution in [3.05, 3.63) is 45.9 Å². The zero-order chi connectivity index (χ0) is 24.9. The number of hydrogen-bond acceptors (Lipinski definition) is 3. The fraction of sp³-hybridized carbons (Fsp3) is 0.565. The van der Waals surface area contributed by atoms with Gasteiger partial charge in [-0.05, 0) is 38.7 Å². The Labute approximate surface area is 193 Å². The van der Waals surface area contributed by atoms with E-state index in [1.54, 1.807) is 6.20 Å². The van der Waals surface area contributed by atoms with Crippen LogP contribution in [0.15, 0.2) is 18.8 Å². The Morgan fingerprint density at radius 3 is 2.41 bits per heavy atom. The zero-order valence-electron chi connectivity index (χ0n) is 18.9. The Morgan fingerprint density at radius 2 is 1.82 bits per heavy atom. The van der Waals surface area contributed by atoms with Crippen LogP contribution in [0.3, 0.4) is 0 Å². The first kappa shape index (κ1) is 26.1. The first-order valence-corrected chi connectivity index (χ1v) is 11.2. The lowest BCUT2D eigenvalue weighted by atomic mass is 9.90. The lowest BCUT2D eigenvalue weighted by Gasteiger charge is -2.31. The summed E-state index contributed by atoms with van der Waals surface area (Å²) in [6.07, 6.45) is -2.32. The van der Waals surface area contributed by atoms with E-state index in [0.29, 0.717) is 42.2 Å². The summed E-state index contributed by atoms with van der Waals surface area (Å²) in [5, 5.41) is 8.00. The van der Waals surface area contributed by atoms with Crippen molar-refractivity contribution in [3.63, 3.8) is 0 Å². The molecule has 2 aromatic heterocycles. The topological polar surface area (TPSA) is 57.7 Å². The second-order valence-corrected chi connectivity index (χ2v) is 8.41. The smallest absolute Gasteiger partial charge is 0.355 e. The van der Waals surface area contributed by atoms with Crippen LogP contribution in [-0.4, -0.2) is 52.6 Å². The quantitative estimate of drug-likeness (QED) is 0.414. The molecule has 188 valence electrons. The molecule has 0 amide bonds. The van der Waals surface area contributed by atoms with Crippen molar-refractivity contribution < 1.29 is 26.3 Å². The summed E-state index contributed by atoms with van der Waals surface area (Å²) in [5.41, 5.74) is 2.86. The van der Waals surface area contributed by atoms with E-state index in [1.807, 2.05) is 19.1 Å². The van der Waals surface area contributed by atoms with Crippen LogP contribution in [0.1, 0.15) is 44.5 Å². The first-order valence-electron chi connectivity index (χ1n) is 11.2. The van der Waals surface area contributed by atoms with Crippen molar-refractivity contribution in [1.82, 2.24) is 25.2 Å². The van der Waals surface area contributed by atoms with Gasteiger partial charge in [0, 0.05) is 36.5 Å². The van der Waals surface area contributed by atoms with Gasteiger partial charge in [0.05, 0.1) is 29.1 Å². The highest BCUT2D eigenvalue weighted by Gasteiger charge is 2.31. The third-order valence-corrected chi connectivity index (χ3v) is 5.97. The second-order valence-electron chi connectivity index (χ2n) is 8.41.